The molecule has 6 atom stereocenters. The summed E-state index contributed by atoms with van der Waals surface area (Å²) in [5.41, 5.74) is 0.832. The summed E-state index contributed by atoms with van der Waals surface area (Å²) < 4.78 is 0. The van der Waals surface area contributed by atoms with E-state index in [1.54, 1.807) is 36.4 Å². The number of halogens is 1. The summed E-state index contributed by atoms with van der Waals surface area (Å²) in [5, 5.41) is 22.2. The van der Waals surface area contributed by atoms with E-state index >= 15 is 4.79 Å². The Balaban J connectivity index is 1.33. The second-order valence-corrected chi connectivity index (χ2v) is 13.4. The van der Waals surface area contributed by atoms with E-state index in [1.165, 1.54) is 41.3 Å². The summed E-state index contributed by atoms with van der Waals surface area (Å²) in [6.45, 7) is 0. The van der Waals surface area contributed by atoms with Crippen LogP contribution in [0, 0.1) is 33.8 Å². The highest BCUT2D eigenvalue weighted by atomic mass is 35.5. The lowest BCUT2D eigenvalue weighted by molar-refractivity contribution is -0.384. The predicted octanol–water partition coefficient (Wildman–Crippen LogP) is 6.32. The maximum atomic E-state index is 15.2. The van der Waals surface area contributed by atoms with Crippen LogP contribution in [-0.2, 0) is 24.6 Å². The van der Waals surface area contributed by atoms with Gasteiger partial charge in [-0.3, -0.25) is 29.3 Å². The topological polar surface area (TPSA) is 138 Å². The molecule has 4 aromatic rings. The molecule has 0 radical (unpaired) electrons. The number of rotatable bonds is 5. The first-order valence-electron chi connectivity index (χ1n) is 15.9. The van der Waals surface area contributed by atoms with Gasteiger partial charge in [-0.2, -0.15) is 0 Å². The Kier molecular flexibility index (Phi) is 7.04. The fourth-order valence-electron chi connectivity index (χ4n) is 8.79. The van der Waals surface area contributed by atoms with Crippen LogP contribution in [0.5, 0.6) is 5.75 Å². The summed E-state index contributed by atoms with van der Waals surface area (Å²) in [6.07, 6.45) is 2.25. The van der Waals surface area contributed by atoms with Crippen molar-refractivity contribution in [3.8, 4) is 5.75 Å². The minimum absolute atomic E-state index is 0.0256. The molecule has 0 bridgehead atoms. The molecule has 2 aliphatic heterocycles. The summed E-state index contributed by atoms with van der Waals surface area (Å²) in [5.74, 6) is -5.67. The molecule has 0 aromatic heterocycles. The third kappa shape index (κ3) is 4.40. The predicted molar refractivity (Wildman–Crippen MR) is 180 cm³/mol. The number of carbonyl (C=O) groups excluding carboxylic acids is 4. The largest absolute Gasteiger partial charge is 0.508 e. The standard InChI is InChI=1S/C38H28ClN3O7/c39-23-8-4-9-24(18-23)41-35(45)31-20-30-28(16-17-29-32(30)36(46)40(34(29)44)25-10-5-11-26(19-25)42(48)49)33(21-12-14-27(43)15-13-21)38(31,37(41)47)22-6-2-1-3-7-22/h1-16,18-19,29-33,43H,17,20H2/t29-,30+,31-,32-,33-,38+/m0/s1. The van der Waals surface area contributed by atoms with Crippen molar-refractivity contribution in [3.63, 3.8) is 0 Å². The maximum Gasteiger partial charge on any atom is 0.271 e. The molecule has 0 unspecified atom stereocenters. The van der Waals surface area contributed by atoms with Crippen LogP contribution in [0.25, 0.3) is 0 Å². The van der Waals surface area contributed by atoms with Gasteiger partial charge in [0, 0.05) is 23.1 Å². The van der Waals surface area contributed by atoms with Crippen LogP contribution in [0.1, 0.15) is 29.9 Å². The van der Waals surface area contributed by atoms with Gasteiger partial charge in [-0.1, -0.05) is 77.8 Å². The number of nitrogens with zero attached hydrogens (tertiary/aromatic N) is 3. The summed E-state index contributed by atoms with van der Waals surface area (Å²) in [6, 6.07) is 27.7. The van der Waals surface area contributed by atoms with Gasteiger partial charge in [0.25, 0.3) is 5.69 Å². The zero-order valence-electron chi connectivity index (χ0n) is 25.8. The molecule has 4 aliphatic rings. The molecule has 1 N–H and O–H groups in total. The summed E-state index contributed by atoms with van der Waals surface area (Å²) in [4.78, 5) is 71.4. The quantitative estimate of drug-likeness (QED) is 0.113. The average Bonchev–Trinajstić information content (AvgIpc) is 3.49. The SMILES string of the molecule is O=C1[C@H]2[C@H](CC=C3[C@H]2C[C@H]2C(=O)N(c4cccc(Cl)c4)C(=O)[C@@]2(c2ccccc2)[C@H]3c2ccc(O)cc2)C(=O)N1c1cccc([N+](=O)[O-])c1. The van der Waals surface area contributed by atoms with Crippen molar-refractivity contribution in [1.29, 1.82) is 0 Å². The number of non-ortho nitro benzene ring substituents is 1. The van der Waals surface area contributed by atoms with E-state index in [2.05, 4.69) is 0 Å². The Morgan fingerprint density at radius 1 is 0.776 bits per heavy atom. The third-order valence-corrected chi connectivity index (χ3v) is 10.9. The Labute approximate surface area is 285 Å². The van der Waals surface area contributed by atoms with Crippen LogP contribution in [0.3, 0.4) is 0 Å². The van der Waals surface area contributed by atoms with Gasteiger partial charge >= 0.3 is 0 Å². The number of hydrogen-bond donors (Lipinski definition) is 1. The van der Waals surface area contributed by atoms with E-state index < -0.39 is 63.6 Å². The molecule has 8 rings (SSSR count). The van der Waals surface area contributed by atoms with Crippen LogP contribution in [-0.4, -0.2) is 33.7 Å². The lowest BCUT2D eigenvalue weighted by Gasteiger charge is -2.50. The highest BCUT2D eigenvalue weighted by Crippen LogP contribution is 2.64. The number of imide groups is 2. The van der Waals surface area contributed by atoms with E-state index in [1.807, 2.05) is 36.4 Å². The third-order valence-electron chi connectivity index (χ3n) is 10.7. The van der Waals surface area contributed by atoms with Gasteiger partial charge in [0.15, 0.2) is 0 Å². The zero-order chi connectivity index (χ0) is 34.2. The number of phenols is 1. The number of fused-ring (bicyclic) bond motifs is 4. The number of benzene rings is 4. The van der Waals surface area contributed by atoms with Gasteiger partial charge in [-0.15, -0.1) is 0 Å². The number of allylic oxidation sites excluding steroid dienone is 2. The van der Waals surface area contributed by atoms with Gasteiger partial charge in [0.05, 0.1) is 39.5 Å². The average molecular weight is 674 g/mol. The minimum Gasteiger partial charge on any atom is -0.508 e. The second kappa shape index (κ2) is 11.2. The molecule has 4 amide bonds. The van der Waals surface area contributed by atoms with Crippen LogP contribution in [0.15, 0.2) is 115 Å². The molecule has 2 heterocycles. The van der Waals surface area contributed by atoms with Gasteiger partial charge in [-0.25, -0.2) is 9.80 Å². The number of carbonyl (C=O) groups is 4. The van der Waals surface area contributed by atoms with Gasteiger partial charge in [-0.05, 0) is 66.3 Å². The summed E-state index contributed by atoms with van der Waals surface area (Å²) >= 11 is 6.35. The number of phenolic OH excluding ortho intramolecular Hbond substituents is 1. The number of hydrogen-bond acceptors (Lipinski definition) is 7. The lowest BCUT2D eigenvalue weighted by Crippen LogP contribution is -2.53. The van der Waals surface area contributed by atoms with Gasteiger partial charge in [0.1, 0.15) is 5.75 Å². The second-order valence-electron chi connectivity index (χ2n) is 13.0. The molecule has 4 aromatic carbocycles. The first-order valence-corrected chi connectivity index (χ1v) is 16.3. The molecule has 2 saturated heterocycles. The lowest BCUT2D eigenvalue weighted by atomic mass is 9.49. The Bertz CT molecular complexity index is 2120. The Morgan fingerprint density at radius 2 is 1.47 bits per heavy atom. The summed E-state index contributed by atoms with van der Waals surface area (Å²) in [7, 11) is 0. The van der Waals surface area contributed by atoms with Crippen molar-refractivity contribution in [2.75, 3.05) is 9.80 Å². The van der Waals surface area contributed by atoms with E-state index in [4.69, 9.17) is 11.6 Å². The van der Waals surface area contributed by atoms with Gasteiger partial charge < -0.3 is 5.11 Å². The smallest absolute Gasteiger partial charge is 0.271 e. The molecule has 2 aliphatic carbocycles. The van der Waals surface area contributed by atoms with Crippen LogP contribution in [0.4, 0.5) is 17.1 Å². The van der Waals surface area contributed by atoms with Crippen LogP contribution < -0.4 is 9.80 Å². The maximum absolute atomic E-state index is 15.2. The van der Waals surface area contributed by atoms with Crippen molar-refractivity contribution in [2.24, 2.45) is 23.7 Å². The van der Waals surface area contributed by atoms with Crippen molar-refractivity contribution >= 4 is 52.3 Å². The number of amides is 4. The molecule has 244 valence electrons. The van der Waals surface area contributed by atoms with Crippen molar-refractivity contribution < 1.29 is 29.2 Å². The van der Waals surface area contributed by atoms with Crippen molar-refractivity contribution in [2.45, 2.75) is 24.2 Å². The number of nitro groups is 1. The molecule has 49 heavy (non-hydrogen) atoms. The minimum atomic E-state index is -1.43. The molecular formula is C38H28ClN3O7. The number of anilines is 2. The molecule has 11 heteroatoms. The molecule has 1 saturated carbocycles. The van der Waals surface area contributed by atoms with Gasteiger partial charge in [0.2, 0.25) is 23.6 Å². The molecule has 3 fully saturated rings. The highest BCUT2D eigenvalue weighted by Gasteiger charge is 2.70. The monoisotopic (exact) mass is 673 g/mol. The van der Waals surface area contributed by atoms with E-state index in [-0.39, 0.29) is 30.0 Å². The van der Waals surface area contributed by atoms with Crippen LogP contribution >= 0.6 is 11.6 Å². The highest BCUT2D eigenvalue weighted by molar-refractivity contribution is 6.32. The fraction of sp³-hybridized carbons (Fsp3) is 0.211. The van der Waals surface area contributed by atoms with Crippen molar-refractivity contribution in [3.05, 3.63) is 141 Å². The fourth-order valence-corrected chi connectivity index (χ4v) is 8.97. The number of aromatic hydroxyl groups is 1. The van der Waals surface area contributed by atoms with Crippen LogP contribution in [0.2, 0.25) is 5.02 Å². The first-order chi connectivity index (χ1) is 23.6. The van der Waals surface area contributed by atoms with E-state index in [9.17, 15) is 29.6 Å². The van der Waals surface area contributed by atoms with E-state index in [0.29, 0.717) is 21.8 Å². The van der Waals surface area contributed by atoms with Crippen molar-refractivity contribution in [1.82, 2.24) is 0 Å². The Morgan fingerprint density at radius 3 is 2.16 bits per heavy atom. The first kappa shape index (κ1) is 30.7. The molecule has 10 nitrogen and oxygen atoms in total. The zero-order valence-corrected chi connectivity index (χ0v) is 26.6. The Hall–Kier alpha value is -5.61. The normalized spacial score (nSPS) is 27.4. The number of nitro benzene ring substituents is 1. The van der Waals surface area contributed by atoms with E-state index in [0.717, 1.165) is 10.5 Å². The molecular weight excluding hydrogens is 646 g/mol. The molecule has 0 spiro atoms.